The minimum Gasteiger partial charge on any atom is -0.476 e. The number of carboxylic acids is 1. The van der Waals surface area contributed by atoms with Crippen molar-refractivity contribution in [2.75, 3.05) is 0 Å². The molecular weight excluding hydrogens is 250 g/mol. The molecule has 0 atom stereocenters. The number of oxazole rings is 1. The topological polar surface area (TPSA) is 112 Å². The lowest BCUT2D eigenvalue weighted by molar-refractivity contribution is 0.0690. The van der Waals surface area contributed by atoms with Crippen molar-refractivity contribution in [2.24, 2.45) is 0 Å². The Bertz CT molecular complexity index is 840. The molecule has 7 heteroatoms. The molecule has 0 aliphatic rings. The Labute approximate surface area is 105 Å². The van der Waals surface area contributed by atoms with Crippen LogP contribution in [0.2, 0.25) is 0 Å². The van der Waals surface area contributed by atoms with Crippen LogP contribution in [0.4, 0.5) is 0 Å². The Hall–Kier alpha value is -2.83. The number of hydrogen-bond donors (Lipinski definition) is 3. The third-order valence-corrected chi connectivity index (χ3v) is 2.78. The maximum absolute atomic E-state index is 11.1. The number of aromatic amines is 2. The summed E-state index contributed by atoms with van der Waals surface area (Å²) in [5.41, 5.74) is 2.10. The first-order valence-electron chi connectivity index (χ1n) is 5.48. The molecule has 0 bridgehead atoms. The van der Waals surface area contributed by atoms with Crippen LogP contribution in [-0.4, -0.2) is 26.0 Å². The number of aromatic nitrogens is 3. The molecule has 2 aromatic heterocycles. The fourth-order valence-electron chi connectivity index (χ4n) is 1.90. The van der Waals surface area contributed by atoms with E-state index in [0.717, 1.165) is 0 Å². The van der Waals surface area contributed by atoms with E-state index in [-0.39, 0.29) is 5.69 Å². The van der Waals surface area contributed by atoms with E-state index in [9.17, 15) is 9.59 Å². The van der Waals surface area contributed by atoms with Crippen LogP contribution in [-0.2, 0) is 0 Å². The van der Waals surface area contributed by atoms with Crippen LogP contribution < -0.4 is 5.76 Å². The molecular formula is C12H9N3O4. The summed E-state index contributed by atoms with van der Waals surface area (Å²) in [5, 5.41) is 8.96. The molecule has 19 heavy (non-hydrogen) atoms. The number of rotatable bonds is 2. The van der Waals surface area contributed by atoms with Gasteiger partial charge < -0.3 is 14.5 Å². The van der Waals surface area contributed by atoms with E-state index in [1.54, 1.807) is 25.1 Å². The maximum atomic E-state index is 11.1. The van der Waals surface area contributed by atoms with Crippen LogP contribution in [0, 0.1) is 6.92 Å². The van der Waals surface area contributed by atoms with Gasteiger partial charge in [0.25, 0.3) is 0 Å². The minimum atomic E-state index is -1.09. The summed E-state index contributed by atoms with van der Waals surface area (Å²) in [7, 11) is 0. The number of fused-ring (bicyclic) bond motifs is 1. The van der Waals surface area contributed by atoms with Crippen molar-refractivity contribution in [1.82, 2.24) is 15.0 Å². The molecule has 3 rings (SSSR count). The molecule has 96 valence electrons. The van der Waals surface area contributed by atoms with E-state index in [1.165, 1.54) is 0 Å². The van der Waals surface area contributed by atoms with Gasteiger partial charge in [0, 0.05) is 11.3 Å². The highest BCUT2D eigenvalue weighted by Crippen LogP contribution is 2.21. The molecule has 0 aliphatic carbocycles. The lowest BCUT2D eigenvalue weighted by atomic mass is 10.2. The lowest BCUT2D eigenvalue weighted by Gasteiger charge is -1.95. The summed E-state index contributed by atoms with van der Waals surface area (Å²) < 4.78 is 4.89. The van der Waals surface area contributed by atoms with Gasteiger partial charge in [-0.25, -0.2) is 14.6 Å². The average molecular weight is 259 g/mol. The molecule has 2 heterocycles. The van der Waals surface area contributed by atoms with Gasteiger partial charge in [-0.2, -0.15) is 0 Å². The lowest BCUT2D eigenvalue weighted by Crippen LogP contribution is -1.98. The first kappa shape index (κ1) is 11.3. The molecule has 3 aromatic rings. The van der Waals surface area contributed by atoms with Gasteiger partial charge in [0.15, 0.2) is 11.3 Å². The molecule has 0 amide bonds. The van der Waals surface area contributed by atoms with E-state index in [2.05, 4.69) is 15.0 Å². The number of carboxylic acid groups (broad SMARTS) is 1. The quantitative estimate of drug-likeness (QED) is 0.645. The fourth-order valence-corrected chi connectivity index (χ4v) is 1.90. The number of H-pyrrole nitrogens is 2. The van der Waals surface area contributed by atoms with Gasteiger partial charge in [0.1, 0.15) is 5.82 Å². The number of nitrogens with zero attached hydrogens (tertiary/aromatic N) is 1. The second kappa shape index (κ2) is 3.84. The molecule has 0 saturated heterocycles. The molecule has 3 N–H and O–H groups in total. The minimum absolute atomic E-state index is 0.0178. The third kappa shape index (κ3) is 1.81. The number of benzene rings is 1. The summed E-state index contributed by atoms with van der Waals surface area (Å²) in [5.74, 6) is -1.19. The van der Waals surface area contributed by atoms with Gasteiger partial charge in [-0.3, -0.25) is 4.98 Å². The van der Waals surface area contributed by atoms with Gasteiger partial charge in [-0.05, 0) is 25.1 Å². The van der Waals surface area contributed by atoms with Crippen LogP contribution in [0.1, 0.15) is 16.2 Å². The monoisotopic (exact) mass is 259 g/mol. The summed E-state index contributed by atoms with van der Waals surface area (Å²) in [6.45, 7) is 1.64. The number of aromatic carboxylic acids is 1. The first-order valence-corrected chi connectivity index (χ1v) is 5.48. The molecule has 0 aliphatic heterocycles. The van der Waals surface area contributed by atoms with E-state index in [4.69, 9.17) is 9.52 Å². The van der Waals surface area contributed by atoms with Crippen molar-refractivity contribution in [2.45, 2.75) is 6.92 Å². The Kier molecular flexibility index (Phi) is 2.28. The predicted octanol–water partition coefficient (Wildman–Crippen LogP) is 1.52. The van der Waals surface area contributed by atoms with Gasteiger partial charge in [0.05, 0.1) is 5.52 Å². The van der Waals surface area contributed by atoms with Crippen LogP contribution in [0.25, 0.3) is 22.5 Å². The van der Waals surface area contributed by atoms with Crippen molar-refractivity contribution in [3.05, 3.63) is 40.1 Å². The highest BCUT2D eigenvalue weighted by atomic mass is 16.4. The second-order valence-electron chi connectivity index (χ2n) is 4.09. The summed E-state index contributed by atoms with van der Waals surface area (Å²) in [6.07, 6.45) is 0. The van der Waals surface area contributed by atoms with Crippen LogP contribution in [0.3, 0.4) is 0 Å². The molecule has 7 nitrogen and oxygen atoms in total. The zero-order valence-corrected chi connectivity index (χ0v) is 9.85. The van der Waals surface area contributed by atoms with Gasteiger partial charge in [0.2, 0.25) is 0 Å². The van der Waals surface area contributed by atoms with E-state index in [1.807, 2.05) is 0 Å². The SMILES string of the molecule is Cc1[nH]c(-c2ccc3oc(=O)[nH]c3c2)nc1C(=O)O. The third-order valence-electron chi connectivity index (χ3n) is 2.78. The Morgan fingerprint density at radius 3 is 2.84 bits per heavy atom. The Morgan fingerprint density at radius 2 is 2.16 bits per heavy atom. The predicted molar refractivity (Wildman–Crippen MR) is 66.1 cm³/mol. The van der Waals surface area contributed by atoms with Crippen molar-refractivity contribution < 1.29 is 14.3 Å². The number of aryl methyl sites for hydroxylation is 1. The highest BCUT2D eigenvalue weighted by molar-refractivity contribution is 5.88. The average Bonchev–Trinajstić information content (AvgIpc) is 2.89. The summed E-state index contributed by atoms with van der Waals surface area (Å²) >= 11 is 0. The van der Waals surface area contributed by atoms with Crippen molar-refractivity contribution in [3.8, 4) is 11.4 Å². The maximum Gasteiger partial charge on any atom is 0.417 e. The smallest absolute Gasteiger partial charge is 0.417 e. The number of carbonyl (C=O) groups is 1. The normalized spacial score (nSPS) is 11.0. The molecule has 1 aromatic carbocycles. The number of imidazole rings is 1. The zero-order valence-electron chi connectivity index (χ0n) is 9.85. The zero-order chi connectivity index (χ0) is 13.6. The van der Waals surface area contributed by atoms with Crippen molar-refractivity contribution in [3.63, 3.8) is 0 Å². The van der Waals surface area contributed by atoms with Crippen molar-refractivity contribution >= 4 is 17.1 Å². The Morgan fingerprint density at radius 1 is 1.37 bits per heavy atom. The fraction of sp³-hybridized carbons (Fsp3) is 0.0833. The first-order chi connectivity index (χ1) is 9.04. The second-order valence-corrected chi connectivity index (χ2v) is 4.09. The summed E-state index contributed by atoms with van der Waals surface area (Å²) in [4.78, 5) is 31.4. The Balaban J connectivity index is 2.15. The van der Waals surface area contributed by atoms with Crippen LogP contribution in [0.15, 0.2) is 27.4 Å². The van der Waals surface area contributed by atoms with E-state index >= 15 is 0 Å². The van der Waals surface area contributed by atoms with Gasteiger partial charge in [-0.15, -0.1) is 0 Å². The summed E-state index contributed by atoms with van der Waals surface area (Å²) in [6, 6.07) is 4.99. The largest absolute Gasteiger partial charge is 0.476 e. The van der Waals surface area contributed by atoms with E-state index in [0.29, 0.717) is 28.2 Å². The van der Waals surface area contributed by atoms with E-state index < -0.39 is 11.7 Å². The highest BCUT2D eigenvalue weighted by Gasteiger charge is 2.15. The van der Waals surface area contributed by atoms with Crippen LogP contribution >= 0.6 is 0 Å². The number of hydrogen-bond acceptors (Lipinski definition) is 4. The molecule has 0 unspecified atom stereocenters. The van der Waals surface area contributed by atoms with Gasteiger partial charge in [-0.1, -0.05) is 0 Å². The molecule has 0 radical (unpaired) electrons. The number of nitrogens with one attached hydrogen (secondary N) is 2. The van der Waals surface area contributed by atoms with Gasteiger partial charge >= 0.3 is 11.7 Å². The molecule has 0 fully saturated rings. The van der Waals surface area contributed by atoms with Crippen LogP contribution in [0.5, 0.6) is 0 Å². The molecule has 0 saturated carbocycles. The standard InChI is InChI=1S/C12H9N3O4/c1-5-9(11(16)17)15-10(13-5)6-2-3-8-7(4-6)14-12(18)19-8/h2-4H,1H3,(H,13,15)(H,14,18)(H,16,17). The van der Waals surface area contributed by atoms with Crippen molar-refractivity contribution in [1.29, 1.82) is 0 Å². The molecule has 0 spiro atoms.